The summed E-state index contributed by atoms with van der Waals surface area (Å²) in [5, 5.41) is 1.24. The molecular weight excluding hydrogens is 224 g/mol. The lowest BCUT2D eigenvalue weighted by molar-refractivity contribution is 0.490. The Morgan fingerprint density at radius 1 is 1.17 bits per heavy atom. The number of hydrogen-bond acceptors (Lipinski definition) is 2. The van der Waals surface area contributed by atoms with E-state index in [1.54, 1.807) is 6.26 Å². The molecule has 0 amide bonds. The van der Waals surface area contributed by atoms with Crippen molar-refractivity contribution in [1.82, 2.24) is 4.98 Å². The molecule has 0 spiro atoms. The van der Waals surface area contributed by atoms with E-state index in [0.717, 1.165) is 23.5 Å². The second-order valence-electron chi connectivity index (χ2n) is 4.55. The van der Waals surface area contributed by atoms with Crippen LogP contribution in [0.1, 0.15) is 23.7 Å². The zero-order valence-electron chi connectivity index (χ0n) is 9.76. The van der Waals surface area contributed by atoms with Gasteiger partial charge in [0.2, 0.25) is 0 Å². The molecule has 3 heterocycles. The van der Waals surface area contributed by atoms with Crippen molar-refractivity contribution in [3.8, 4) is 0 Å². The van der Waals surface area contributed by atoms with Crippen LogP contribution in [0.4, 0.5) is 5.82 Å². The SMILES string of the molecule is C1=Nc2[nH]c3ccccc3c2C(c2ccco2)C1. The Hall–Kier alpha value is -2.29. The minimum atomic E-state index is 0.267. The van der Waals surface area contributed by atoms with Crippen molar-refractivity contribution in [3.05, 3.63) is 54.0 Å². The molecule has 4 rings (SSSR count). The smallest absolute Gasteiger partial charge is 0.134 e. The molecule has 0 saturated carbocycles. The molecule has 1 aromatic carbocycles. The second-order valence-corrected chi connectivity index (χ2v) is 4.55. The Balaban J connectivity index is 2.00. The van der Waals surface area contributed by atoms with Crippen molar-refractivity contribution in [2.24, 2.45) is 4.99 Å². The molecule has 1 atom stereocenters. The number of para-hydroxylation sites is 1. The van der Waals surface area contributed by atoms with Crippen LogP contribution in [0.5, 0.6) is 0 Å². The first kappa shape index (κ1) is 9.71. The minimum absolute atomic E-state index is 0.267. The van der Waals surface area contributed by atoms with Crippen molar-refractivity contribution < 1.29 is 4.42 Å². The second kappa shape index (κ2) is 3.60. The largest absolute Gasteiger partial charge is 0.469 e. The van der Waals surface area contributed by atoms with Crippen LogP contribution in [0, 0.1) is 0 Å². The van der Waals surface area contributed by atoms with Gasteiger partial charge in [0.1, 0.15) is 11.6 Å². The fourth-order valence-electron chi connectivity index (χ4n) is 2.72. The Kier molecular flexibility index (Phi) is 1.94. The van der Waals surface area contributed by atoms with Crippen LogP contribution in [0.2, 0.25) is 0 Å². The zero-order chi connectivity index (χ0) is 11.9. The summed E-state index contributed by atoms with van der Waals surface area (Å²) in [4.78, 5) is 7.84. The summed E-state index contributed by atoms with van der Waals surface area (Å²) in [6.45, 7) is 0. The van der Waals surface area contributed by atoms with Crippen LogP contribution < -0.4 is 0 Å². The number of H-pyrrole nitrogens is 1. The van der Waals surface area contributed by atoms with E-state index in [4.69, 9.17) is 4.42 Å². The molecule has 3 aromatic rings. The van der Waals surface area contributed by atoms with Crippen molar-refractivity contribution in [1.29, 1.82) is 0 Å². The highest BCUT2D eigenvalue weighted by Crippen LogP contribution is 2.41. The number of benzene rings is 1. The van der Waals surface area contributed by atoms with Crippen molar-refractivity contribution in [2.45, 2.75) is 12.3 Å². The first-order valence-corrected chi connectivity index (χ1v) is 6.10. The summed E-state index contributed by atoms with van der Waals surface area (Å²) in [6.07, 6.45) is 4.59. The molecule has 1 N–H and O–H groups in total. The Morgan fingerprint density at radius 2 is 2.11 bits per heavy atom. The normalized spacial score (nSPS) is 18.1. The molecule has 0 saturated heterocycles. The molecule has 0 fully saturated rings. The van der Waals surface area contributed by atoms with Crippen LogP contribution in [0.25, 0.3) is 10.9 Å². The Bertz CT molecular complexity index is 722. The monoisotopic (exact) mass is 236 g/mol. The van der Waals surface area contributed by atoms with Gasteiger partial charge in [-0.2, -0.15) is 0 Å². The topological polar surface area (TPSA) is 41.3 Å². The molecule has 1 aliphatic rings. The van der Waals surface area contributed by atoms with Gasteiger partial charge in [-0.15, -0.1) is 0 Å². The van der Waals surface area contributed by atoms with Crippen molar-refractivity contribution >= 4 is 22.9 Å². The summed E-state index contributed by atoms with van der Waals surface area (Å²) in [6, 6.07) is 12.3. The quantitative estimate of drug-likeness (QED) is 0.681. The zero-order valence-corrected chi connectivity index (χ0v) is 9.76. The van der Waals surface area contributed by atoms with Crippen LogP contribution in [-0.2, 0) is 0 Å². The van der Waals surface area contributed by atoms with Gasteiger partial charge in [-0.1, -0.05) is 18.2 Å². The Morgan fingerprint density at radius 3 is 3.00 bits per heavy atom. The fraction of sp³-hybridized carbons (Fsp3) is 0.133. The lowest BCUT2D eigenvalue weighted by atomic mass is 9.91. The fourth-order valence-corrected chi connectivity index (χ4v) is 2.72. The third-order valence-corrected chi connectivity index (χ3v) is 3.52. The van der Waals surface area contributed by atoms with E-state index in [1.807, 2.05) is 24.4 Å². The lowest BCUT2D eigenvalue weighted by Gasteiger charge is -2.16. The molecule has 18 heavy (non-hydrogen) atoms. The van der Waals surface area contributed by atoms with Crippen LogP contribution in [-0.4, -0.2) is 11.2 Å². The molecule has 88 valence electrons. The molecule has 3 nitrogen and oxygen atoms in total. The predicted octanol–water partition coefficient (Wildman–Crippen LogP) is 4.00. The minimum Gasteiger partial charge on any atom is -0.469 e. The average molecular weight is 236 g/mol. The van der Waals surface area contributed by atoms with Crippen LogP contribution in [0.15, 0.2) is 52.1 Å². The van der Waals surface area contributed by atoms with E-state index < -0.39 is 0 Å². The van der Waals surface area contributed by atoms with Gasteiger partial charge in [0.05, 0.1) is 12.2 Å². The lowest BCUT2D eigenvalue weighted by Crippen LogP contribution is -2.03. The number of rotatable bonds is 1. The van der Waals surface area contributed by atoms with Crippen LogP contribution in [0.3, 0.4) is 0 Å². The Labute approximate surface area is 104 Å². The van der Waals surface area contributed by atoms with E-state index in [-0.39, 0.29) is 5.92 Å². The van der Waals surface area contributed by atoms with Crippen molar-refractivity contribution in [2.75, 3.05) is 0 Å². The number of aliphatic imine (C=N–C) groups is 1. The van der Waals surface area contributed by atoms with Gasteiger partial charge in [-0.05, 0) is 24.6 Å². The summed E-state index contributed by atoms with van der Waals surface area (Å²) in [5.74, 6) is 2.24. The number of aromatic amines is 1. The van der Waals surface area contributed by atoms with Gasteiger partial charge in [0.15, 0.2) is 0 Å². The molecule has 0 aliphatic carbocycles. The highest BCUT2D eigenvalue weighted by atomic mass is 16.3. The molecule has 1 aliphatic heterocycles. The van der Waals surface area contributed by atoms with E-state index >= 15 is 0 Å². The number of nitrogens with zero attached hydrogens (tertiary/aromatic N) is 1. The standard InChI is InChI=1S/C15H12N2O/c1-2-5-12-10(4-1)14-11(13-6-3-9-18-13)7-8-16-15(14)17-12/h1-6,8-9,11,17H,7H2. The average Bonchev–Trinajstić information content (AvgIpc) is 3.05. The third-order valence-electron chi connectivity index (χ3n) is 3.52. The highest BCUT2D eigenvalue weighted by molar-refractivity contribution is 5.91. The summed E-state index contributed by atoms with van der Waals surface area (Å²) in [5.41, 5.74) is 2.39. The van der Waals surface area contributed by atoms with Crippen LogP contribution >= 0.6 is 0 Å². The van der Waals surface area contributed by atoms with E-state index in [0.29, 0.717) is 0 Å². The first-order valence-electron chi connectivity index (χ1n) is 6.10. The number of fused-ring (bicyclic) bond motifs is 3. The van der Waals surface area contributed by atoms with Gasteiger partial charge in [0.25, 0.3) is 0 Å². The summed E-state index contributed by atoms with van der Waals surface area (Å²) in [7, 11) is 0. The molecule has 1 unspecified atom stereocenters. The highest BCUT2D eigenvalue weighted by Gasteiger charge is 2.25. The summed E-state index contributed by atoms with van der Waals surface area (Å²) >= 11 is 0. The maximum absolute atomic E-state index is 5.57. The van der Waals surface area contributed by atoms with Gasteiger partial charge in [-0.3, -0.25) is 0 Å². The van der Waals surface area contributed by atoms with Gasteiger partial charge < -0.3 is 9.40 Å². The third kappa shape index (κ3) is 1.27. The van der Waals surface area contributed by atoms with E-state index in [2.05, 4.69) is 28.2 Å². The molecular formula is C15H12N2O. The van der Waals surface area contributed by atoms with Gasteiger partial charge in [-0.25, -0.2) is 4.99 Å². The molecule has 0 radical (unpaired) electrons. The van der Waals surface area contributed by atoms with Crippen molar-refractivity contribution in [3.63, 3.8) is 0 Å². The van der Waals surface area contributed by atoms with Gasteiger partial charge >= 0.3 is 0 Å². The number of nitrogens with one attached hydrogen (secondary N) is 1. The molecule has 0 bridgehead atoms. The molecule has 3 heteroatoms. The predicted molar refractivity (Wildman–Crippen MR) is 71.6 cm³/mol. The number of hydrogen-bond donors (Lipinski definition) is 1. The van der Waals surface area contributed by atoms with E-state index in [1.165, 1.54) is 10.9 Å². The van der Waals surface area contributed by atoms with Gasteiger partial charge in [0, 0.05) is 22.7 Å². The first-order chi connectivity index (χ1) is 8.93. The summed E-state index contributed by atoms with van der Waals surface area (Å²) < 4.78 is 5.57. The maximum atomic E-state index is 5.57. The number of aromatic nitrogens is 1. The number of furan rings is 1. The molecule has 2 aromatic heterocycles. The maximum Gasteiger partial charge on any atom is 0.134 e. The van der Waals surface area contributed by atoms with E-state index in [9.17, 15) is 0 Å².